The van der Waals surface area contributed by atoms with E-state index in [0.717, 1.165) is 0 Å². The third-order valence-electron chi connectivity index (χ3n) is 2.10. The van der Waals surface area contributed by atoms with Crippen molar-refractivity contribution in [2.24, 2.45) is 0 Å². The molecule has 0 aliphatic carbocycles. The SMILES string of the molecule is O=[N+]([O-])c1cc(C(O)C(F)(F)F)cc(C(F)(F)F)c1. The highest BCUT2D eigenvalue weighted by molar-refractivity contribution is 5.41. The third kappa shape index (κ3) is 3.56. The summed E-state index contributed by atoms with van der Waals surface area (Å²) in [4.78, 5) is 9.10. The highest BCUT2D eigenvalue weighted by Crippen LogP contribution is 2.38. The van der Waals surface area contributed by atoms with Crippen molar-refractivity contribution < 1.29 is 36.4 Å². The highest BCUT2D eigenvalue weighted by Gasteiger charge is 2.41. The Bertz CT molecular complexity index is 496. The van der Waals surface area contributed by atoms with E-state index in [9.17, 15) is 36.5 Å². The Hall–Kier alpha value is -1.84. The molecular weight excluding hydrogens is 284 g/mol. The Labute approximate surface area is 101 Å². The number of nitro groups is 1. The van der Waals surface area contributed by atoms with Crippen LogP contribution in [0.1, 0.15) is 17.2 Å². The van der Waals surface area contributed by atoms with Gasteiger partial charge in [0.15, 0.2) is 6.10 Å². The smallest absolute Gasteiger partial charge is 0.379 e. The van der Waals surface area contributed by atoms with Crippen molar-refractivity contribution in [2.75, 3.05) is 0 Å². The number of rotatable bonds is 2. The van der Waals surface area contributed by atoms with E-state index in [1.807, 2.05) is 0 Å². The van der Waals surface area contributed by atoms with Crippen LogP contribution in [0.5, 0.6) is 0 Å². The first-order valence-corrected chi connectivity index (χ1v) is 4.54. The van der Waals surface area contributed by atoms with E-state index in [1.54, 1.807) is 0 Å². The van der Waals surface area contributed by atoms with Crippen molar-refractivity contribution in [2.45, 2.75) is 18.5 Å². The second-order valence-electron chi connectivity index (χ2n) is 3.51. The van der Waals surface area contributed by atoms with Crippen molar-refractivity contribution >= 4 is 5.69 Å². The monoisotopic (exact) mass is 289 g/mol. The van der Waals surface area contributed by atoms with Crippen molar-refractivity contribution in [1.29, 1.82) is 0 Å². The maximum atomic E-state index is 12.4. The fraction of sp³-hybridized carbons (Fsp3) is 0.333. The molecule has 10 heteroatoms. The van der Waals surface area contributed by atoms with Gasteiger partial charge in [0.2, 0.25) is 0 Å². The van der Waals surface area contributed by atoms with Crippen LogP contribution in [0, 0.1) is 10.1 Å². The van der Waals surface area contributed by atoms with Gasteiger partial charge in [-0.15, -0.1) is 0 Å². The molecule has 0 radical (unpaired) electrons. The van der Waals surface area contributed by atoms with Crippen LogP contribution in [0.2, 0.25) is 0 Å². The first-order valence-electron chi connectivity index (χ1n) is 4.54. The number of alkyl halides is 6. The average molecular weight is 289 g/mol. The minimum Gasteiger partial charge on any atom is -0.379 e. The summed E-state index contributed by atoms with van der Waals surface area (Å²) in [5, 5.41) is 19.2. The van der Waals surface area contributed by atoms with Gasteiger partial charge in [0.05, 0.1) is 10.5 Å². The number of aliphatic hydroxyl groups excluding tert-OH is 1. The normalized spacial score (nSPS) is 14.3. The lowest BCUT2D eigenvalue weighted by Crippen LogP contribution is -2.21. The zero-order valence-corrected chi connectivity index (χ0v) is 8.79. The Morgan fingerprint density at radius 3 is 2.00 bits per heavy atom. The van der Waals surface area contributed by atoms with Crippen LogP contribution in [-0.4, -0.2) is 16.2 Å². The molecule has 0 saturated carbocycles. The number of hydrogen-bond acceptors (Lipinski definition) is 3. The lowest BCUT2D eigenvalue weighted by Gasteiger charge is -2.16. The number of nitrogens with zero attached hydrogens (tertiary/aromatic N) is 1. The Morgan fingerprint density at radius 1 is 1.11 bits per heavy atom. The van der Waals surface area contributed by atoms with Gasteiger partial charge in [0, 0.05) is 12.1 Å². The Kier molecular flexibility index (Phi) is 3.75. The molecule has 1 rings (SSSR count). The summed E-state index contributed by atoms with van der Waals surface area (Å²) in [6, 6.07) is 0.352. The molecule has 19 heavy (non-hydrogen) atoms. The molecule has 1 N–H and O–H groups in total. The maximum Gasteiger partial charge on any atom is 0.418 e. The molecule has 1 aromatic carbocycles. The number of benzene rings is 1. The molecule has 1 unspecified atom stereocenters. The highest BCUT2D eigenvalue weighted by atomic mass is 19.4. The van der Waals surface area contributed by atoms with Gasteiger partial charge in [-0.1, -0.05) is 0 Å². The summed E-state index contributed by atoms with van der Waals surface area (Å²) in [6.45, 7) is 0. The van der Waals surface area contributed by atoms with Crippen LogP contribution >= 0.6 is 0 Å². The van der Waals surface area contributed by atoms with Crippen LogP contribution in [0.15, 0.2) is 18.2 Å². The van der Waals surface area contributed by atoms with Crippen LogP contribution < -0.4 is 0 Å². The molecule has 0 amide bonds. The summed E-state index contributed by atoms with van der Waals surface area (Å²) in [7, 11) is 0. The van der Waals surface area contributed by atoms with Crippen LogP contribution in [0.4, 0.5) is 32.0 Å². The van der Waals surface area contributed by atoms with Gasteiger partial charge in [-0.05, 0) is 11.6 Å². The molecule has 0 saturated heterocycles. The predicted octanol–water partition coefficient (Wildman–Crippen LogP) is 3.21. The van der Waals surface area contributed by atoms with Crippen LogP contribution in [0.25, 0.3) is 0 Å². The molecule has 0 spiro atoms. The van der Waals surface area contributed by atoms with Crippen LogP contribution in [0.3, 0.4) is 0 Å². The summed E-state index contributed by atoms with van der Waals surface area (Å²) in [6.07, 6.45) is -13.5. The van der Waals surface area contributed by atoms with E-state index in [1.165, 1.54) is 0 Å². The van der Waals surface area contributed by atoms with Gasteiger partial charge < -0.3 is 5.11 Å². The van der Waals surface area contributed by atoms with Crippen molar-refractivity contribution in [1.82, 2.24) is 0 Å². The van der Waals surface area contributed by atoms with Gasteiger partial charge in [0.25, 0.3) is 5.69 Å². The molecule has 106 valence electrons. The summed E-state index contributed by atoms with van der Waals surface area (Å²) >= 11 is 0. The molecule has 0 bridgehead atoms. The molecule has 1 atom stereocenters. The number of halogens is 6. The van der Waals surface area contributed by atoms with E-state index in [4.69, 9.17) is 5.11 Å². The van der Waals surface area contributed by atoms with Gasteiger partial charge in [-0.3, -0.25) is 10.1 Å². The van der Waals surface area contributed by atoms with E-state index in [2.05, 4.69) is 0 Å². The molecule has 0 aliphatic heterocycles. The minimum absolute atomic E-state index is 0.0190. The number of non-ortho nitro benzene ring substituents is 1. The number of aliphatic hydroxyl groups is 1. The Balaban J connectivity index is 3.41. The van der Waals surface area contributed by atoms with Crippen molar-refractivity contribution in [3.8, 4) is 0 Å². The Morgan fingerprint density at radius 2 is 1.63 bits per heavy atom. The van der Waals surface area contributed by atoms with Gasteiger partial charge >= 0.3 is 12.4 Å². The first kappa shape index (κ1) is 15.2. The molecule has 0 fully saturated rings. The average Bonchev–Trinajstić information content (AvgIpc) is 2.24. The minimum atomic E-state index is -5.22. The maximum absolute atomic E-state index is 12.4. The van der Waals surface area contributed by atoms with Crippen molar-refractivity contribution in [3.05, 3.63) is 39.4 Å². The fourth-order valence-electron chi connectivity index (χ4n) is 1.25. The topological polar surface area (TPSA) is 63.4 Å². The van der Waals surface area contributed by atoms with Gasteiger partial charge in [-0.2, -0.15) is 26.3 Å². The molecule has 0 aromatic heterocycles. The molecule has 4 nitrogen and oxygen atoms in total. The predicted molar refractivity (Wildman–Crippen MR) is 49.1 cm³/mol. The second-order valence-corrected chi connectivity index (χ2v) is 3.51. The van der Waals surface area contributed by atoms with E-state index in [-0.39, 0.29) is 18.2 Å². The zero-order chi connectivity index (χ0) is 15.0. The first-order chi connectivity index (χ1) is 8.43. The fourth-order valence-corrected chi connectivity index (χ4v) is 1.25. The molecule has 1 aromatic rings. The lowest BCUT2D eigenvalue weighted by atomic mass is 10.0. The quantitative estimate of drug-likeness (QED) is 0.516. The van der Waals surface area contributed by atoms with E-state index in [0.29, 0.717) is 0 Å². The lowest BCUT2D eigenvalue weighted by molar-refractivity contribution is -0.385. The molecular formula is C9H5F6NO3. The van der Waals surface area contributed by atoms with E-state index < -0.39 is 40.2 Å². The second kappa shape index (κ2) is 4.68. The van der Waals surface area contributed by atoms with Gasteiger partial charge in [0.1, 0.15) is 0 Å². The van der Waals surface area contributed by atoms with E-state index >= 15 is 0 Å². The third-order valence-corrected chi connectivity index (χ3v) is 2.10. The summed E-state index contributed by atoms with van der Waals surface area (Å²) in [5.74, 6) is 0. The standard InChI is InChI=1S/C9H5F6NO3/c10-8(11,12)5-1-4(7(17)9(13,14)15)2-6(3-5)16(18)19/h1-3,7,17H. The molecule has 0 aliphatic rings. The van der Waals surface area contributed by atoms with Gasteiger partial charge in [-0.25, -0.2) is 0 Å². The number of nitro benzene ring substituents is 1. The van der Waals surface area contributed by atoms with Crippen LogP contribution in [-0.2, 0) is 6.18 Å². The molecule has 0 heterocycles. The largest absolute Gasteiger partial charge is 0.418 e. The summed E-state index contributed by atoms with van der Waals surface area (Å²) in [5.41, 5.74) is -4.07. The number of hydrogen-bond donors (Lipinski definition) is 1. The summed E-state index contributed by atoms with van der Waals surface area (Å²) < 4.78 is 73.7. The zero-order valence-electron chi connectivity index (χ0n) is 8.79. The van der Waals surface area contributed by atoms with Crippen molar-refractivity contribution in [3.63, 3.8) is 0 Å².